The molecule has 0 spiro atoms. The zero-order chi connectivity index (χ0) is 23.5. The average Bonchev–Trinajstić information content (AvgIpc) is 3.08. The van der Waals surface area contributed by atoms with E-state index in [0.717, 1.165) is 4.90 Å². The van der Waals surface area contributed by atoms with Crippen molar-refractivity contribution in [3.05, 3.63) is 65.7 Å². The molecule has 9 nitrogen and oxygen atoms in total. The number of nitrogens with zero attached hydrogens (tertiary/aromatic N) is 3. The summed E-state index contributed by atoms with van der Waals surface area (Å²) in [5, 5.41) is 9.30. The zero-order valence-electron chi connectivity index (χ0n) is 17.8. The summed E-state index contributed by atoms with van der Waals surface area (Å²) < 4.78 is 0. The molecule has 4 rings (SSSR count). The molecule has 1 saturated heterocycles. The molecule has 1 unspecified atom stereocenters. The quantitative estimate of drug-likeness (QED) is 0.671. The Morgan fingerprint density at radius 1 is 0.939 bits per heavy atom. The van der Waals surface area contributed by atoms with Crippen molar-refractivity contribution in [2.45, 2.75) is 12.8 Å². The second-order valence-corrected chi connectivity index (χ2v) is 8.07. The fourth-order valence-corrected chi connectivity index (χ4v) is 4.18. The van der Waals surface area contributed by atoms with E-state index in [2.05, 4.69) is 0 Å². The van der Waals surface area contributed by atoms with Gasteiger partial charge in [-0.2, -0.15) is 0 Å². The summed E-state index contributed by atoms with van der Waals surface area (Å²) in [5.41, 5.74) is 0.926. The first-order chi connectivity index (χ1) is 15.9. The molecule has 4 amide bonds. The van der Waals surface area contributed by atoms with Crippen molar-refractivity contribution >= 4 is 35.3 Å². The van der Waals surface area contributed by atoms with Gasteiger partial charge in [0, 0.05) is 18.8 Å². The Morgan fingerprint density at radius 3 is 2.15 bits per heavy atom. The highest BCUT2D eigenvalue weighted by Crippen LogP contribution is 2.24. The molecule has 1 atom stereocenters. The predicted molar refractivity (Wildman–Crippen MR) is 118 cm³/mol. The minimum atomic E-state index is -0.950. The Morgan fingerprint density at radius 2 is 1.55 bits per heavy atom. The van der Waals surface area contributed by atoms with Crippen molar-refractivity contribution in [1.29, 1.82) is 0 Å². The first-order valence-electron chi connectivity index (χ1n) is 10.7. The number of hydrogen-bond donors (Lipinski definition) is 1. The number of fused-ring (bicyclic) bond motifs is 1. The topological polar surface area (TPSA) is 115 Å². The van der Waals surface area contributed by atoms with Crippen molar-refractivity contribution in [1.82, 2.24) is 9.80 Å². The van der Waals surface area contributed by atoms with E-state index >= 15 is 0 Å². The standard InChI is InChI=1S/C24H23N3O6/c28-20(25-12-6-7-16(13-25)24(32)33)14-26(17-8-2-1-3-9-17)21(29)15-27-22(30)18-10-4-5-11-19(18)23(27)31/h1-5,8-11,16H,6-7,12-15H2,(H,32,33). The number of carbonyl (C=O) groups excluding carboxylic acids is 4. The largest absolute Gasteiger partial charge is 0.481 e. The normalized spacial score (nSPS) is 17.6. The molecule has 2 aromatic carbocycles. The number of carbonyl (C=O) groups is 5. The number of carboxylic acids is 1. The highest BCUT2D eigenvalue weighted by molar-refractivity contribution is 6.22. The van der Waals surface area contributed by atoms with Crippen LogP contribution in [0.25, 0.3) is 0 Å². The van der Waals surface area contributed by atoms with Gasteiger partial charge >= 0.3 is 5.97 Å². The van der Waals surface area contributed by atoms with Crippen LogP contribution in [0.2, 0.25) is 0 Å². The lowest BCUT2D eigenvalue weighted by molar-refractivity contribution is -0.145. The molecular formula is C24H23N3O6. The number of piperidine rings is 1. The third-order valence-corrected chi connectivity index (χ3v) is 5.96. The van der Waals surface area contributed by atoms with Gasteiger partial charge in [0.1, 0.15) is 13.1 Å². The molecule has 0 radical (unpaired) electrons. The smallest absolute Gasteiger partial charge is 0.308 e. The number of rotatable bonds is 6. The van der Waals surface area contributed by atoms with Gasteiger partial charge in [-0.25, -0.2) is 0 Å². The van der Waals surface area contributed by atoms with Gasteiger partial charge in [-0.3, -0.25) is 28.9 Å². The maximum absolute atomic E-state index is 13.2. The number of likely N-dealkylation sites (tertiary alicyclic amines) is 1. The second-order valence-electron chi connectivity index (χ2n) is 8.07. The third kappa shape index (κ3) is 4.48. The second kappa shape index (κ2) is 9.23. The van der Waals surface area contributed by atoms with Crippen molar-refractivity contribution in [3.8, 4) is 0 Å². The molecule has 2 aliphatic rings. The number of benzene rings is 2. The lowest BCUT2D eigenvalue weighted by Gasteiger charge is -2.33. The highest BCUT2D eigenvalue weighted by atomic mass is 16.4. The van der Waals surface area contributed by atoms with E-state index in [0.29, 0.717) is 25.1 Å². The first-order valence-corrected chi connectivity index (χ1v) is 10.7. The average molecular weight is 449 g/mol. The number of hydrogen-bond acceptors (Lipinski definition) is 5. The highest BCUT2D eigenvalue weighted by Gasteiger charge is 2.38. The van der Waals surface area contributed by atoms with E-state index in [9.17, 15) is 29.1 Å². The summed E-state index contributed by atoms with van der Waals surface area (Å²) in [6.45, 7) is -0.328. The number of amides is 4. The number of para-hydroxylation sites is 1. The van der Waals surface area contributed by atoms with Crippen LogP contribution in [0.1, 0.15) is 33.6 Å². The van der Waals surface area contributed by atoms with Crippen LogP contribution in [-0.4, -0.2) is 70.7 Å². The molecular weight excluding hydrogens is 426 g/mol. The minimum Gasteiger partial charge on any atom is -0.481 e. The van der Waals surface area contributed by atoms with E-state index in [1.165, 1.54) is 21.9 Å². The zero-order valence-corrected chi connectivity index (χ0v) is 17.8. The van der Waals surface area contributed by atoms with Crippen LogP contribution in [0.5, 0.6) is 0 Å². The summed E-state index contributed by atoms with van der Waals surface area (Å²) in [6.07, 6.45) is 1.07. The van der Waals surface area contributed by atoms with Crippen LogP contribution in [0.15, 0.2) is 54.6 Å². The van der Waals surface area contributed by atoms with Gasteiger partial charge in [-0.1, -0.05) is 30.3 Å². The Bertz CT molecular complexity index is 1080. The maximum atomic E-state index is 13.2. The van der Waals surface area contributed by atoms with E-state index in [1.54, 1.807) is 42.5 Å². The molecule has 2 aliphatic heterocycles. The molecule has 9 heteroatoms. The van der Waals surface area contributed by atoms with Crippen molar-refractivity contribution < 1.29 is 29.1 Å². The molecule has 2 heterocycles. The molecule has 1 fully saturated rings. The number of imide groups is 1. The Kier molecular flexibility index (Phi) is 6.21. The molecule has 0 bridgehead atoms. The van der Waals surface area contributed by atoms with Crippen LogP contribution >= 0.6 is 0 Å². The SMILES string of the molecule is O=C(O)C1CCCN(C(=O)CN(C(=O)CN2C(=O)c3ccccc3C2=O)c2ccccc2)C1. The van der Waals surface area contributed by atoms with E-state index in [-0.39, 0.29) is 30.1 Å². The van der Waals surface area contributed by atoms with Gasteiger partial charge in [0.05, 0.1) is 17.0 Å². The van der Waals surface area contributed by atoms with Crippen molar-refractivity contribution in [3.63, 3.8) is 0 Å². The van der Waals surface area contributed by atoms with Gasteiger partial charge < -0.3 is 14.9 Å². The molecule has 1 N–H and O–H groups in total. The maximum Gasteiger partial charge on any atom is 0.308 e. The fraction of sp³-hybridized carbons (Fsp3) is 0.292. The molecule has 0 aliphatic carbocycles. The lowest BCUT2D eigenvalue weighted by Crippen LogP contribution is -2.50. The lowest BCUT2D eigenvalue weighted by atomic mass is 9.98. The van der Waals surface area contributed by atoms with Gasteiger partial charge in [0.2, 0.25) is 11.8 Å². The van der Waals surface area contributed by atoms with E-state index < -0.39 is 36.2 Å². The van der Waals surface area contributed by atoms with Crippen LogP contribution in [0.3, 0.4) is 0 Å². The van der Waals surface area contributed by atoms with Gasteiger partial charge in [-0.15, -0.1) is 0 Å². The summed E-state index contributed by atoms with van der Waals surface area (Å²) in [7, 11) is 0. The summed E-state index contributed by atoms with van der Waals surface area (Å²) in [5.74, 6) is -3.67. The molecule has 0 aromatic heterocycles. The summed E-state index contributed by atoms with van der Waals surface area (Å²) in [6, 6.07) is 14.9. The monoisotopic (exact) mass is 449 g/mol. The molecule has 0 saturated carbocycles. The molecule has 170 valence electrons. The van der Waals surface area contributed by atoms with Crippen LogP contribution < -0.4 is 4.90 Å². The Balaban J connectivity index is 1.52. The van der Waals surface area contributed by atoms with Crippen LogP contribution in [0.4, 0.5) is 5.69 Å². The van der Waals surface area contributed by atoms with Gasteiger partial charge in [0.15, 0.2) is 0 Å². The van der Waals surface area contributed by atoms with Crippen LogP contribution in [-0.2, 0) is 14.4 Å². The van der Waals surface area contributed by atoms with E-state index in [1.807, 2.05) is 0 Å². The number of aliphatic carboxylic acids is 1. The van der Waals surface area contributed by atoms with Crippen LogP contribution in [0, 0.1) is 5.92 Å². The number of carboxylic acid groups (broad SMARTS) is 1. The van der Waals surface area contributed by atoms with Crippen molar-refractivity contribution in [2.75, 3.05) is 31.1 Å². The summed E-state index contributed by atoms with van der Waals surface area (Å²) in [4.78, 5) is 66.5. The first kappa shape index (κ1) is 22.2. The Labute approximate surface area is 190 Å². The fourth-order valence-electron chi connectivity index (χ4n) is 4.18. The van der Waals surface area contributed by atoms with Crippen molar-refractivity contribution in [2.24, 2.45) is 5.92 Å². The predicted octanol–water partition coefficient (Wildman–Crippen LogP) is 1.64. The van der Waals surface area contributed by atoms with Gasteiger partial charge in [0.25, 0.3) is 11.8 Å². The van der Waals surface area contributed by atoms with Gasteiger partial charge in [-0.05, 0) is 37.1 Å². The molecule has 2 aromatic rings. The van der Waals surface area contributed by atoms with E-state index in [4.69, 9.17) is 0 Å². The molecule has 33 heavy (non-hydrogen) atoms. The minimum absolute atomic E-state index is 0.0867. The number of anilines is 1. The Hall–Kier alpha value is -4.01. The third-order valence-electron chi connectivity index (χ3n) is 5.96. The summed E-state index contributed by atoms with van der Waals surface area (Å²) >= 11 is 0.